The monoisotopic (exact) mass is 1470 g/mol. The van der Waals surface area contributed by atoms with Crippen LogP contribution in [-0.2, 0) is 65.4 Å². The third-order valence-corrected chi connectivity index (χ3v) is 18.3. The molecule has 0 spiro atoms. The molecule has 0 bridgehead atoms. The summed E-state index contributed by atoms with van der Waals surface area (Å²) < 4.78 is 68.5. The van der Waals surface area contributed by atoms with Gasteiger partial charge < -0.3 is 33.8 Å². The standard InChI is InChI=1S/C83H142O17P2/c1-5-9-13-17-21-25-29-33-36-37-38-39-42-45-48-52-56-60-64-68-81(86)94-74-79(100-83(88)70-66-62-58-54-50-46-41-35-31-27-23-19-15-11-7-3)76-98-102(91,92)96-72-77(84)71-95-101(89,90)97-75-78(99-82(87)69-65-61-57-53-49-43-32-28-24-20-16-12-8-4)73-93-80(85)67-63-59-55-51-47-44-40-34-30-26-22-18-14-10-6-2/h9,13,16,20-21,23,25,27-28,32-33,35-36,38-39,41,45,48,56,60,77-79,84H,5-8,10-12,14-15,17-19,22,24,26,29-31,34,37,40,42-44,46-47,49-55,57-59,61-76H2,1-4H3,(H,89,90)(H,91,92)/b13-9-,20-16-,25-21-,27-23-,32-28-,36-33-,39-38-,41-35-,48-45-,60-56-. The van der Waals surface area contributed by atoms with Crippen LogP contribution in [-0.4, -0.2) is 96.7 Å². The largest absolute Gasteiger partial charge is 0.472 e. The second-order valence-electron chi connectivity index (χ2n) is 26.3. The Labute approximate surface area is 619 Å². The Morgan fingerprint density at radius 2 is 0.549 bits per heavy atom. The smallest absolute Gasteiger partial charge is 0.462 e. The lowest BCUT2D eigenvalue weighted by Gasteiger charge is -2.21. The first-order chi connectivity index (χ1) is 49.7. The van der Waals surface area contributed by atoms with Crippen molar-refractivity contribution in [2.24, 2.45) is 0 Å². The lowest BCUT2D eigenvalue weighted by Crippen LogP contribution is -2.30. The van der Waals surface area contributed by atoms with E-state index in [9.17, 15) is 43.2 Å². The van der Waals surface area contributed by atoms with Gasteiger partial charge >= 0.3 is 39.5 Å². The number of phosphoric ester groups is 2. The van der Waals surface area contributed by atoms with Gasteiger partial charge in [-0.1, -0.05) is 297 Å². The molecule has 0 saturated heterocycles. The first kappa shape index (κ1) is 97.5. The van der Waals surface area contributed by atoms with Gasteiger partial charge in [-0.15, -0.1) is 0 Å². The van der Waals surface area contributed by atoms with Gasteiger partial charge in [0.15, 0.2) is 12.2 Å². The molecule has 0 aliphatic rings. The van der Waals surface area contributed by atoms with Gasteiger partial charge in [0.2, 0.25) is 0 Å². The summed E-state index contributed by atoms with van der Waals surface area (Å²) in [6, 6.07) is 0. The topological polar surface area (TPSA) is 237 Å². The highest BCUT2D eigenvalue weighted by Gasteiger charge is 2.30. The molecule has 17 nitrogen and oxygen atoms in total. The van der Waals surface area contributed by atoms with Crippen molar-refractivity contribution >= 4 is 39.5 Å². The number of aliphatic hydroxyl groups is 1. The van der Waals surface area contributed by atoms with Crippen LogP contribution in [0.4, 0.5) is 0 Å². The van der Waals surface area contributed by atoms with Crippen LogP contribution in [0.3, 0.4) is 0 Å². The first-order valence-corrected chi connectivity index (χ1v) is 42.8. The lowest BCUT2D eigenvalue weighted by atomic mass is 10.0. The van der Waals surface area contributed by atoms with Gasteiger partial charge in [-0.05, 0) is 122 Å². The normalized spacial score (nSPS) is 14.5. The summed E-state index contributed by atoms with van der Waals surface area (Å²) in [4.78, 5) is 72.9. The van der Waals surface area contributed by atoms with Gasteiger partial charge in [-0.2, -0.15) is 0 Å². The van der Waals surface area contributed by atoms with Crippen molar-refractivity contribution in [1.29, 1.82) is 0 Å². The molecular formula is C83H142O17P2. The van der Waals surface area contributed by atoms with Crippen molar-refractivity contribution in [1.82, 2.24) is 0 Å². The van der Waals surface area contributed by atoms with E-state index in [0.717, 1.165) is 148 Å². The minimum Gasteiger partial charge on any atom is -0.462 e. The Hall–Kier alpha value is -4.54. The molecule has 586 valence electrons. The molecule has 0 fully saturated rings. The molecule has 5 atom stereocenters. The molecule has 102 heavy (non-hydrogen) atoms. The number of esters is 4. The minimum absolute atomic E-state index is 0.0310. The molecule has 0 aromatic heterocycles. The molecule has 0 aliphatic heterocycles. The minimum atomic E-state index is -5.00. The number of carbonyl (C=O) groups excluding carboxylic acids is 4. The molecular weight excluding hydrogens is 1330 g/mol. The van der Waals surface area contributed by atoms with Crippen LogP contribution in [0.5, 0.6) is 0 Å². The number of carbonyl (C=O) groups is 4. The fourth-order valence-corrected chi connectivity index (χ4v) is 12.0. The summed E-state index contributed by atoms with van der Waals surface area (Å²) in [6.45, 7) is 4.58. The SMILES string of the molecule is CC/C=C\C/C=C\C/C=C\C/C=C\C/C=C\C/C=C\CCC(=O)OCC(COP(=O)(O)OCC(O)COP(=O)(O)OCC(COC(=O)CCCCCCCCCCCCCCCCC)OC(=O)CCCCCCC/C=C\C/C=C\CCC)OC(=O)CCCCCCC/C=C\C/C=C\CCCCC. The molecule has 0 rings (SSSR count). The van der Waals surface area contributed by atoms with Gasteiger partial charge in [-0.25, -0.2) is 9.13 Å². The van der Waals surface area contributed by atoms with Gasteiger partial charge in [-0.3, -0.25) is 37.3 Å². The summed E-state index contributed by atoms with van der Waals surface area (Å²) in [5, 5.41) is 10.6. The predicted molar refractivity (Wildman–Crippen MR) is 418 cm³/mol. The number of rotatable bonds is 74. The van der Waals surface area contributed by atoms with E-state index in [1.54, 1.807) is 0 Å². The van der Waals surface area contributed by atoms with Crippen molar-refractivity contribution in [2.45, 2.75) is 341 Å². The van der Waals surface area contributed by atoms with Crippen molar-refractivity contribution in [3.63, 3.8) is 0 Å². The molecule has 0 amide bonds. The highest BCUT2D eigenvalue weighted by Crippen LogP contribution is 2.45. The van der Waals surface area contributed by atoms with Gasteiger partial charge in [0.05, 0.1) is 26.4 Å². The Morgan fingerprint density at radius 1 is 0.284 bits per heavy atom. The van der Waals surface area contributed by atoms with E-state index in [2.05, 4.69) is 131 Å². The second kappa shape index (κ2) is 74.7. The van der Waals surface area contributed by atoms with E-state index in [1.165, 1.54) is 89.9 Å². The van der Waals surface area contributed by atoms with Crippen LogP contribution in [0.15, 0.2) is 122 Å². The Balaban J connectivity index is 5.42. The highest BCUT2D eigenvalue weighted by molar-refractivity contribution is 7.47. The molecule has 0 aromatic rings. The van der Waals surface area contributed by atoms with Crippen LogP contribution in [0.2, 0.25) is 0 Å². The predicted octanol–water partition coefficient (Wildman–Crippen LogP) is 23.1. The molecule has 0 heterocycles. The average molecular weight is 1470 g/mol. The zero-order valence-corrected chi connectivity index (χ0v) is 65.8. The molecule has 0 saturated carbocycles. The Morgan fingerprint density at radius 3 is 0.902 bits per heavy atom. The van der Waals surface area contributed by atoms with Crippen molar-refractivity contribution in [3.05, 3.63) is 122 Å². The first-order valence-electron chi connectivity index (χ1n) is 39.8. The van der Waals surface area contributed by atoms with Crippen LogP contribution in [0.25, 0.3) is 0 Å². The third-order valence-electron chi connectivity index (χ3n) is 16.4. The summed E-state index contributed by atoms with van der Waals surface area (Å²) in [7, 11) is -9.98. The quantitative estimate of drug-likeness (QED) is 0.0169. The third kappa shape index (κ3) is 73.8. The number of hydrogen-bond donors (Lipinski definition) is 3. The van der Waals surface area contributed by atoms with Crippen LogP contribution >= 0.6 is 15.6 Å². The van der Waals surface area contributed by atoms with Crippen molar-refractivity contribution < 1.29 is 80.2 Å². The average Bonchev–Trinajstić information content (AvgIpc) is 0.924. The number of unbranched alkanes of at least 4 members (excludes halogenated alkanes) is 28. The van der Waals surface area contributed by atoms with E-state index in [0.29, 0.717) is 32.1 Å². The second-order valence-corrected chi connectivity index (χ2v) is 29.2. The van der Waals surface area contributed by atoms with Gasteiger partial charge in [0.25, 0.3) is 0 Å². The molecule has 5 unspecified atom stereocenters. The van der Waals surface area contributed by atoms with Crippen LogP contribution in [0, 0.1) is 0 Å². The molecule has 0 radical (unpaired) electrons. The summed E-state index contributed by atoms with van der Waals surface area (Å²) >= 11 is 0. The van der Waals surface area contributed by atoms with Crippen molar-refractivity contribution in [2.75, 3.05) is 39.6 Å². The summed E-state index contributed by atoms with van der Waals surface area (Å²) in [6.07, 6.45) is 81.9. The summed E-state index contributed by atoms with van der Waals surface area (Å²) in [5.41, 5.74) is 0. The van der Waals surface area contributed by atoms with Crippen molar-refractivity contribution in [3.8, 4) is 0 Å². The maximum atomic E-state index is 13.1. The molecule has 19 heteroatoms. The maximum absolute atomic E-state index is 13.1. The number of aliphatic hydroxyl groups excluding tert-OH is 1. The lowest BCUT2D eigenvalue weighted by molar-refractivity contribution is -0.161. The highest BCUT2D eigenvalue weighted by atomic mass is 31.2. The van der Waals surface area contributed by atoms with E-state index < -0.39 is 97.5 Å². The number of allylic oxidation sites excluding steroid dienone is 20. The molecule has 3 N–H and O–H groups in total. The Bertz CT molecular complexity index is 2410. The van der Waals surface area contributed by atoms with Crippen LogP contribution in [0.1, 0.15) is 323 Å². The Kier molecular flexibility index (Phi) is 71.4. The zero-order chi connectivity index (χ0) is 74.6. The number of phosphoric acid groups is 2. The fourth-order valence-electron chi connectivity index (χ4n) is 10.4. The van der Waals surface area contributed by atoms with Crippen LogP contribution < -0.4 is 0 Å². The number of hydrogen-bond acceptors (Lipinski definition) is 15. The molecule has 0 aliphatic carbocycles. The van der Waals surface area contributed by atoms with E-state index in [4.69, 9.17) is 37.0 Å². The van der Waals surface area contributed by atoms with Gasteiger partial charge in [0.1, 0.15) is 19.3 Å². The van der Waals surface area contributed by atoms with E-state index >= 15 is 0 Å². The fraction of sp³-hybridized carbons (Fsp3) is 0.711. The maximum Gasteiger partial charge on any atom is 0.472 e. The van der Waals surface area contributed by atoms with E-state index in [-0.39, 0.29) is 25.7 Å². The molecule has 0 aromatic carbocycles. The van der Waals surface area contributed by atoms with Gasteiger partial charge in [0, 0.05) is 25.7 Å². The zero-order valence-electron chi connectivity index (χ0n) is 64.0. The number of ether oxygens (including phenoxy) is 4. The summed E-state index contributed by atoms with van der Waals surface area (Å²) in [5.74, 6) is -2.29. The van der Waals surface area contributed by atoms with E-state index in [1.807, 2.05) is 18.2 Å².